The number of pyridine rings is 1. The molecule has 10 nitrogen and oxygen atoms in total. The van der Waals surface area contributed by atoms with E-state index in [4.69, 9.17) is 9.47 Å². The summed E-state index contributed by atoms with van der Waals surface area (Å²) in [7, 11) is -0.176. The third kappa shape index (κ3) is 4.86. The van der Waals surface area contributed by atoms with Crippen molar-refractivity contribution in [2.75, 3.05) is 64.6 Å². The minimum atomic E-state index is -3.30. The number of sulfonamides is 1. The average Bonchev–Trinajstić information content (AvgIpc) is 2.87. The van der Waals surface area contributed by atoms with E-state index < -0.39 is 15.4 Å². The zero-order valence-corrected chi connectivity index (χ0v) is 21.4. The van der Waals surface area contributed by atoms with Crippen LogP contribution in [0.3, 0.4) is 0 Å². The number of aromatic nitrogens is 1. The SMILES string of the molecule is COc1cc2ncc(C(=O)N3CCN(S(C)(=O)=O)CC3)c(N3CCC(C)(C#N)CC3)c2cc1OC. The lowest BCUT2D eigenvalue weighted by atomic mass is 9.81. The van der Waals surface area contributed by atoms with Gasteiger partial charge in [-0.05, 0) is 25.8 Å². The lowest BCUT2D eigenvalue weighted by Gasteiger charge is -2.38. The zero-order chi connectivity index (χ0) is 25.4. The Balaban J connectivity index is 1.76. The van der Waals surface area contributed by atoms with Crippen LogP contribution in [0.25, 0.3) is 10.9 Å². The van der Waals surface area contributed by atoms with Crippen LogP contribution in [0.15, 0.2) is 18.3 Å². The quantitative estimate of drug-likeness (QED) is 0.612. The van der Waals surface area contributed by atoms with E-state index in [0.717, 1.165) is 11.1 Å². The summed E-state index contributed by atoms with van der Waals surface area (Å²) in [4.78, 5) is 22.1. The van der Waals surface area contributed by atoms with Gasteiger partial charge in [-0.15, -0.1) is 0 Å². The van der Waals surface area contributed by atoms with E-state index in [-0.39, 0.29) is 19.0 Å². The number of hydrogen-bond acceptors (Lipinski definition) is 8. The molecule has 0 saturated carbocycles. The molecular weight excluding hydrogens is 470 g/mol. The summed E-state index contributed by atoms with van der Waals surface area (Å²) in [6.45, 7) is 4.35. The maximum Gasteiger partial charge on any atom is 0.257 e. The van der Waals surface area contributed by atoms with Gasteiger partial charge in [0.15, 0.2) is 11.5 Å². The molecule has 2 aliphatic rings. The van der Waals surface area contributed by atoms with Crippen LogP contribution in [0.4, 0.5) is 5.69 Å². The third-order valence-corrected chi connectivity index (χ3v) is 8.33. The number of fused-ring (bicyclic) bond motifs is 1. The van der Waals surface area contributed by atoms with Crippen molar-refractivity contribution in [2.45, 2.75) is 19.8 Å². The van der Waals surface area contributed by atoms with Gasteiger partial charge in [0.05, 0.1) is 48.7 Å². The number of piperazine rings is 1. The number of methoxy groups -OCH3 is 2. The molecule has 0 bridgehead atoms. The Hall–Kier alpha value is -3.10. The van der Waals surface area contributed by atoms with Gasteiger partial charge in [-0.3, -0.25) is 9.78 Å². The van der Waals surface area contributed by atoms with E-state index in [9.17, 15) is 18.5 Å². The molecule has 4 rings (SSSR count). The fraction of sp³-hybridized carbons (Fsp3) is 0.542. The number of rotatable bonds is 5. The molecule has 11 heteroatoms. The van der Waals surface area contributed by atoms with Crippen molar-refractivity contribution in [1.29, 1.82) is 5.26 Å². The summed E-state index contributed by atoms with van der Waals surface area (Å²) < 4.78 is 36.1. The summed E-state index contributed by atoms with van der Waals surface area (Å²) in [5, 5.41) is 10.3. The van der Waals surface area contributed by atoms with Crippen molar-refractivity contribution < 1.29 is 22.7 Å². The van der Waals surface area contributed by atoms with E-state index in [1.54, 1.807) is 31.4 Å². The summed E-state index contributed by atoms with van der Waals surface area (Å²) in [6.07, 6.45) is 4.14. The van der Waals surface area contributed by atoms with Gasteiger partial charge in [-0.2, -0.15) is 9.57 Å². The van der Waals surface area contributed by atoms with Crippen LogP contribution in [0.1, 0.15) is 30.1 Å². The number of amides is 1. The number of anilines is 1. The predicted octanol–water partition coefficient (Wildman–Crippen LogP) is 2.10. The highest BCUT2D eigenvalue weighted by Crippen LogP contribution is 2.40. The minimum absolute atomic E-state index is 0.189. The zero-order valence-electron chi connectivity index (χ0n) is 20.6. The highest BCUT2D eigenvalue weighted by molar-refractivity contribution is 7.88. The first-order valence-electron chi connectivity index (χ1n) is 11.6. The summed E-state index contributed by atoms with van der Waals surface area (Å²) in [5.41, 5.74) is 1.49. The Kier molecular flexibility index (Phi) is 6.79. The van der Waals surface area contributed by atoms with E-state index in [0.29, 0.717) is 61.6 Å². The van der Waals surface area contributed by atoms with Gasteiger partial charge in [-0.25, -0.2) is 8.42 Å². The fourth-order valence-corrected chi connectivity index (χ4v) is 5.56. The first-order chi connectivity index (χ1) is 16.6. The van der Waals surface area contributed by atoms with Crippen LogP contribution in [0, 0.1) is 16.7 Å². The number of hydrogen-bond donors (Lipinski definition) is 0. The van der Waals surface area contributed by atoms with Gasteiger partial charge in [0, 0.05) is 56.9 Å². The molecule has 0 atom stereocenters. The van der Waals surface area contributed by atoms with Gasteiger partial charge in [0.1, 0.15) is 0 Å². The van der Waals surface area contributed by atoms with Crippen LogP contribution in [0.5, 0.6) is 11.5 Å². The standard InChI is InChI=1S/C24H31N5O5S/c1-24(16-25)5-7-27(8-6-24)22-17-13-20(33-2)21(34-3)14-19(17)26-15-18(22)23(30)28-9-11-29(12-10-28)35(4,31)32/h13-15H,5-12H2,1-4H3. The normalized spacial score (nSPS) is 18.8. The van der Waals surface area contributed by atoms with Crippen molar-refractivity contribution in [3.05, 3.63) is 23.9 Å². The van der Waals surface area contributed by atoms with Crippen LogP contribution < -0.4 is 14.4 Å². The number of benzene rings is 1. The van der Waals surface area contributed by atoms with Crippen molar-refractivity contribution in [1.82, 2.24) is 14.2 Å². The Labute approximate surface area is 206 Å². The molecule has 1 aromatic heterocycles. The monoisotopic (exact) mass is 501 g/mol. The number of piperidine rings is 1. The first kappa shape index (κ1) is 25.0. The van der Waals surface area contributed by atoms with Gasteiger partial charge >= 0.3 is 0 Å². The molecule has 2 aliphatic heterocycles. The van der Waals surface area contributed by atoms with Crippen molar-refractivity contribution in [3.63, 3.8) is 0 Å². The Bertz CT molecular complexity index is 1270. The predicted molar refractivity (Wildman–Crippen MR) is 132 cm³/mol. The molecule has 2 fully saturated rings. The van der Waals surface area contributed by atoms with E-state index >= 15 is 0 Å². The third-order valence-electron chi connectivity index (χ3n) is 7.02. The van der Waals surface area contributed by atoms with Gasteiger partial charge < -0.3 is 19.3 Å². The molecule has 0 spiro atoms. The molecule has 188 valence electrons. The van der Waals surface area contributed by atoms with Crippen molar-refractivity contribution in [2.24, 2.45) is 5.41 Å². The number of carbonyl (C=O) groups excluding carboxylic acids is 1. The van der Waals surface area contributed by atoms with Gasteiger partial charge in [0.25, 0.3) is 5.91 Å². The number of nitrogens with zero attached hydrogens (tertiary/aromatic N) is 5. The first-order valence-corrected chi connectivity index (χ1v) is 13.4. The van der Waals surface area contributed by atoms with Crippen LogP contribution in [-0.4, -0.2) is 88.3 Å². The molecular formula is C24H31N5O5S. The maximum absolute atomic E-state index is 13.7. The molecule has 3 heterocycles. The summed E-state index contributed by atoms with van der Waals surface area (Å²) in [5.74, 6) is 0.893. The molecule has 2 aromatic rings. The largest absolute Gasteiger partial charge is 0.493 e. The number of carbonyl (C=O) groups is 1. The average molecular weight is 502 g/mol. The summed E-state index contributed by atoms with van der Waals surface area (Å²) >= 11 is 0. The Morgan fingerprint density at radius 2 is 1.66 bits per heavy atom. The molecule has 0 unspecified atom stereocenters. The van der Waals surface area contributed by atoms with Crippen molar-refractivity contribution >= 4 is 32.5 Å². The second-order valence-corrected chi connectivity index (χ2v) is 11.3. The Morgan fingerprint density at radius 1 is 1.06 bits per heavy atom. The van der Waals surface area contributed by atoms with Gasteiger partial charge in [0.2, 0.25) is 10.0 Å². The smallest absolute Gasteiger partial charge is 0.257 e. The van der Waals surface area contributed by atoms with Crippen LogP contribution in [0.2, 0.25) is 0 Å². The molecule has 0 aliphatic carbocycles. The Morgan fingerprint density at radius 3 is 2.20 bits per heavy atom. The number of nitriles is 1. The maximum atomic E-state index is 13.7. The van der Waals surface area contributed by atoms with E-state index in [1.807, 2.05) is 13.0 Å². The lowest BCUT2D eigenvalue weighted by Crippen LogP contribution is -2.50. The molecule has 1 amide bonds. The van der Waals surface area contributed by atoms with E-state index in [2.05, 4.69) is 16.0 Å². The molecule has 0 N–H and O–H groups in total. The summed E-state index contributed by atoms with van der Waals surface area (Å²) in [6, 6.07) is 6.06. The highest BCUT2D eigenvalue weighted by atomic mass is 32.2. The number of ether oxygens (including phenoxy) is 2. The topological polar surface area (TPSA) is 116 Å². The molecule has 1 aromatic carbocycles. The van der Waals surface area contributed by atoms with Crippen molar-refractivity contribution in [3.8, 4) is 17.6 Å². The fourth-order valence-electron chi connectivity index (χ4n) is 4.73. The van der Waals surface area contributed by atoms with E-state index in [1.165, 1.54) is 10.6 Å². The van der Waals surface area contributed by atoms with Gasteiger partial charge in [-0.1, -0.05) is 0 Å². The second-order valence-electron chi connectivity index (χ2n) is 9.36. The molecule has 0 radical (unpaired) electrons. The second kappa shape index (κ2) is 9.51. The lowest BCUT2D eigenvalue weighted by molar-refractivity contribution is 0.0698. The molecule has 2 saturated heterocycles. The van der Waals surface area contributed by atoms with Crippen LogP contribution >= 0.6 is 0 Å². The molecule has 35 heavy (non-hydrogen) atoms. The highest BCUT2D eigenvalue weighted by Gasteiger charge is 2.34. The minimum Gasteiger partial charge on any atom is -0.493 e. The van der Waals surface area contributed by atoms with Crippen LogP contribution in [-0.2, 0) is 10.0 Å².